The number of nitrogens with one attached hydrogen (secondary N) is 1. The molecule has 1 N–H and O–H groups in total. The molecule has 1 aliphatic heterocycles. The molecule has 2 aromatic rings. The Morgan fingerprint density at radius 3 is 2.38 bits per heavy atom. The summed E-state index contributed by atoms with van der Waals surface area (Å²) in [5.74, 6) is 0.845. The number of carbonyl (C=O) groups is 1. The van der Waals surface area contributed by atoms with E-state index < -0.39 is 9.84 Å². The molecule has 172 valence electrons. The van der Waals surface area contributed by atoms with E-state index in [4.69, 9.17) is 4.74 Å². The van der Waals surface area contributed by atoms with Gasteiger partial charge in [-0.25, -0.2) is 8.42 Å². The van der Waals surface area contributed by atoms with Crippen LogP contribution < -0.4 is 15.0 Å². The normalized spacial score (nSPS) is 17.4. The van der Waals surface area contributed by atoms with Crippen LogP contribution in [-0.2, 0) is 14.6 Å². The Balaban J connectivity index is 1.30. The van der Waals surface area contributed by atoms with Gasteiger partial charge in [0, 0.05) is 37.6 Å². The molecule has 32 heavy (non-hydrogen) atoms. The number of sulfone groups is 1. The fourth-order valence-corrected chi connectivity index (χ4v) is 6.37. The molecule has 2 aromatic carbocycles. The second-order valence-electron chi connectivity index (χ2n) is 8.40. The maximum absolute atomic E-state index is 12.8. The van der Waals surface area contributed by atoms with Crippen LogP contribution in [0.2, 0.25) is 0 Å². The summed E-state index contributed by atoms with van der Waals surface area (Å²) in [6.45, 7) is 3.00. The van der Waals surface area contributed by atoms with E-state index in [-0.39, 0.29) is 17.7 Å². The number of methoxy groups -OCH3 is 1. The van der Waals surface area contributed by atoms with Gasteiger partial charge in [0.15, 0.2) is 9.84 Å². The molecule has 0 radical (unpaired) electrons. The summed E-state index contributed by atoms with van der Waals surface area (Å²) in [6.07, 6.45) is 3.42. The largest absolute Gasteiger partial charge is 0.497 e. The number of piperazine rings is 1. The predicted molar refractivity (Wildman–Crippen MR) is 126 cm³/mol. The number of nitrogens with zero attached hydrogens (tertiary/aromatic N) is 2. The topological polar surface area (TPSA) is 79.0 Å². The Morgan fingerprint density at radius 2 is 1.72 bits per heavy atom. The lowest BCUT2D eigenvalue weighted by molar-refractivity contribution is -0.129. The molecule has 1 amide bonds. The number of hydrogen-bond acceptors (Lipinski definition) is 6. The number of benzene rings is 2. The highest BCUT2D eigenvalue weighted by Crippen LogP contribution is 2.30. The van der Waals surface area contributed by atoms with Crippen molar-refractivity contribution in [1.29, 1.82) is 0 Å². The van der Waals surface area contributed by atoms with Crippen LogP contribution in [0.15, 0.2) is 53.4 Å². The number of carbonyl (C=O) groups excluding carboxylic acids is 1. The molecule has 0 bridgehead atoms. The zero-order valence-electron chi connectivity index (χ0n) is 18.5. The van der Waals surface area contributed by atoms with Gasteiger partial charge in [0.2, 0.25) is 5.91 Å². The van der Waals surface area contributed by atoms with Crippen LogP contribution >= 0.6 is 0 Å². The zero-order valence-corrected chi connectivity index (χ0v) is 19.3. The van der Waals surface area contributed by atoms with E-state index in [1.807, 2.05) is 35.2 Å². The molecule has 4 rings (SSSR count). The predicted octanol–water partition coefficient (Wildman–Crippen LogP) is 3.17. The Hall–Kier alpha value is -2.74. The van der Waals surface area contributed by atoms with Crippen molar-refractivity contribution < 1.29 is 17.9 Å². The SMILES string of the molecule is COc1ccc(N2CCN(C(=O)CNc3cccc(S(=O)(=O)C4CCCC4)c3)CC2)cc1. The molecular weight excluding hydrogens is 426 g/mol. The second-order valence-corrected chi connectivity index (χ2v) is 10.6. The maximum Gasteiger partial charge on any atom is 0.241 e. The Labute approximate surface area is 190 Å². The number of rotatable bonds is 7. The number of ether oxygens (including phenoxy) is 1. The highest BCUT2D eigenvalue weighted by atomic mass is 32.2. The third-order valence-corrected chi connectivity index (χ3v) is 8.68. The Morgan fingerprint density at radius 1 is 1.03 bits per heavy atom. The van der Waals surface area contributed by atoms with Gasteiger partial charge in [0.1, 0.15) is 5.75 Å². The highest BCUT2D eigenvalue weighted by Gasteiger charge is 2.30. The minimum Gasteiger partial charge on any atom is -0.497 e. The standard InChI is InChI=1S/C24H31N3O4S/c1-31-21-11-9-20(10-12-21)26-13-15-27(16-14-26)24(28)18-25-19-5-4-8-23(17-19)32(29,30)22-6-2-3-7-22/h4-5,8-12,17,22,25H,2-3,6-7,13-16,18H2,1H3. The van der Waals surface area contributed by atoms with Crippen molar-refractivity contribution >= 4 is 27.1 Å². The zero-order chi connectivity index (χ0) is 22.6. The first-order chi connectivity index (χ1) is 15.5. The molecule has 7 nitrogen and oxygen atoms in total. The van der Waals surface area contributed by atoms with Gasteiger partial charge < -0.3 is 19.9 Å². The van der Waals surface area contributed by atoms with Crippen molar-refractivity contribution in [1.82, 2.24) is 4.90 Å². The molecule has 0 atom stereocenters. The first-order valence-corrected chi connectivity index (χ1v) is 12.8. The van der Waals surface area contributed by atoms with Gasteiger partial charge in [-0.2, -0.15) is 0 Å². The molecule has 2 fully saturated rings. The molecule has 1 aliphatic carbocycles. The summed E-state index contributed by atoms with van der Waals surface area (Å²) >= 11 is 0. The summed E-state index contributed by atoms with van der Waals surface area (Å²) in [6, 6.07) is 14.8. The monoisotopic (exact) mass is 457 g/mol. The van der Waals surface area contributed by atoms with Crippen molar-refractivity contribution in [3.8, 4) is 5.75 Å². The van der Waals surface area contributed by atoms with E-state index in [1.165, 1.54) is 0 Å². The summed E-state index contributed by atoms with van der Waals surface area (Å²) in [7, 11) is -1.65. The molecule has 1 saturated heterocycles. The fourth-order valence-electron chi connectivity index (χ4n) is 4.47. The molecule has 0 aromatic heterocycles. The summed E-state index contributed by atoms with van der Waals surface area (Å²) < 4.78 is 30.9. The quantitative estimate of drug-likeness (QED) is 0.688. The third-order valence-electron chi connectivity index (χ3n) is 6.42. The Kier molecular flexibility index (Phi) is 6.89. The van der Waals surface area contributed by atoms with Crippen LogP contribution in [-0.4, -0.2) is 64.3 Å². The number of hydrogen-bond donors (Lipinski definition) is 1. The van der Waals surface area contributed by atoms with Gasteiger partial charge in [-0.15, -0.1) is 0 Å². The van der Waals surface area contributed by atoms with Crippen molar-refractivity contribution in [3.63, 3.8) is 0 Å². The van der Waals surface area contributed by atoms with E-state index in [2.05, 4.69) is 10.2 Å². The lowest BCUT2D eigenvalue weighted by atomic mass is 10.2. The number of amides is 1. The van der Waals surface area contributed by atoms with Crippen molar-refractivity contribution in [2.75, 3.05) is 50.1 Å². The van der Waals surface area contributed by atoms with Crippen LogP contribution in [0.5, 0.6) is 5.75 Å². The molecule has 2 aliphatic rings. The second kappa shape index (κ2) is 9.81. The van der Waals surface area contributed by atoms with Crippen LogP contribution in [0.25, 0.3) is 0 Å². The van der Waals surface area contributed by atoms with Crippen LogP contribution in [0.1, 0.15) is 25.7 Å². The van der Waals surface area contributed by atoms with Crippen molar-refractivity contribution in [2.45, 2.75) is 35.8 Å². The van der Waals surface area contributed by atoms with Crippen molar-refractivity contribution in [2.24, 2.45) is 0 Å². The molecule has 8 heteroatoms. The van der Waals surface area contributed by atoms with Gasteiger partial charge in [-0.3, -0.25) is 4.79 Å². The van der Waals surface area contributed by atoms with Gasteiger partial charge in [-0.1, -0.05) is 18.9 Å². The maximum atomic E-state index is 12.8. The molecule has 1 saturated carbocycles. The van der Waals surface area contributed by atoms with E-state index in [0.717, 1.165) is 50.2 Å². The average molecular weight is 458 g/mol. The molecular formula is C24H31N3O4S. The summed E-state index contributed by atoms with van der Waals surface area (Å²) in [4.78, 5) is 17.2. The Bertz CT molecular complexity index is 1030. The molecule has 0 spiro atoms. The van der Waals surface area contributed by atoms with Gasteiger partial charge >= 0.3 is 0 Å². The molecule has 0 unspecified atom stereocenters. The van der Waals surface area contributed by atoms with E-state index in [1.54, 1.807) is 25.3 Å². The average Bonchev–Trinajstić information content (AvgIpc) is 3.39. The van der Waals surface area contributed by atoms with Crippen molar-refractivity contribution in [3.05, 3.63) is 48.5 Å². The third kappa shape index (κ3) is 5.01. The summed E-state index contributed by atoms with van der Waals surface area (Å²) in [5, 5.41) is 2.84. The lowest BCUT2D eigenvalue weighted by Gasteiger charge is -2.36. The minimum absolute atomic E-state index is 0.0171. The highest BCUT2D eigenvalue weighted by molar-refractivity contribution is 7.92. The van der Waals surface area contributed by atoms with Gasteiger partial charge in [0.05, 0.1) is 23.8 Å². The van der Waals surface area contributed by atoms with Gasteiger partial charge in [-0.05, 0) is 55.3 Å². The first kappa shape index (κ1) is 22.5. The summed E-state index contributed by atoms with van der Waals surface area (Å²) in [5.41, 5.74) is 1.78. The fraction of sp³-hybridized carbons (Fsp3) is 0.458. The number of anilines is 2. The van der Waals surface area contributed by atoms with Crippen LogP contribution in [0.3, 0.4) is 0 Å². The first-order valence-electron chi connectivity index (χ1n) is 11.2. The van der Waals surface area contributed by atoms with Gasteiger partial charge in [0.25, 0.3) is 0 Å². The smallest absolute Gasteiger partial charge is 0.241 e. The minimum atomic E-state index is -3.31. The van der Waals surface area contributed by atoms with Crippen LogP contribution in [0, 0.1) is 0 Å². The van der Waals surface area contributed by atoms with Crippen LogP contribution in [0.4, 0.5) is 11.4 Å². The van der Waals surface area contributed by atoms with E-state index >= 15 is 0 Å². The molecule has 1 heterocycles. The van der Waals surface area contributed by atoms with E-state index in [0.29, 0.717) is 23.7 Å². The lowest BCUT2D eigenvalue weighted by Crippen LogP contribution is -2.50. The van der Waals surface area contributed by atoms with E-state index in [9.17, 15) is 13.2 Å².